The van der Waals surface area contributed by atoms with Crippen LogP contribution in [0.4, 0.5) is 0 Å². The third kappa shape index (κ3) is 3.18. The maximum atomic E-state index is 5.37. The molecule has 0 amide bonds. The minimum atomic E-state index is -1.51. The van der Waals surface area contributed by atoms with E-state index in [2.05, 4.69) is 58.1 Å². The number of hydrogen-bond donors (Lipinski definition) is 0. The summed E-state index contributed by atoms with van der Waals surface area (Å²) in [6.07, 6.45) is 3.74. The Balaban J connectivity index is 3.35. The molecule has 1 heterocycles. The summed E-state index contributed by atoms with van der Waals surface area (Å²) in [5.41, 5.74) is 0.767. The van der Waals surface area contributed by atoms with Gasteiger partial charge < -0.3 is 0 Å². The molecule has 1 saturated heterocycles. The van der Waals surface area contributed by atoms with Crippen molar-refractivity contribution in [2.75, 3.05) is 27.2 Å². The van der Waals surface area contributed by atoms with Crippen LogP contribution in [0.3, 0.4) is 0 Å². The Hall–Kier alpha value is 0.150. The molecule has 0 aromatic heterocycles. The third-order valence-corrected chi connectivity index (χ3v) is 8.86. The highest BCUT2D eigenvalue weighted by Gasteiger charge is 2.39. The Morgan fingerprint density at radius 2 is 1.50 bits per heavy atom. The van der Waals surface area contributed by atoms with Gasteiger partial charge in [0.1, 0.15) is 0 Å². The Bertz CT molecular complexity index is 301. The molecule has 0 aromatic rings. The van der Waals surface area contributed by atoms with Crippen LogP contribution in [0.25, 0.3) is 0 Å². The average molecular weight is 273 g/mol. The summed E-state index contributed by atoms with van der Waals surface area (Å²) >= 11 is 0. The molecule has 0 bridgehead atoms. The van der Waals surface area contributed by atoms with Gasteiger partial charge in [-0.2, -0.15) is 0 Å². The zero-order chi connectivity index (χ0) is 14.0. The molecule has 0 unspecified atom stereocenters. The Labute approximate surface area is 114 Å². The highest BCUT2D eigenvalue weighted by Crippen LogP contribution is 2.63. The third-order valence-electron chi connectivity index (χ3n) is 3.85. The monoisotopic (exact) mass is 273 g/mol. The first-order valence-corrected chi connectivity index (χ1v) is 9.06. The van der Waals surface area contributed by atoms with Crippen LogP contribution >= 0.6 is 7.36 Å². The molecule has 1 rings (SSSR count). The van der Waals surface area contributed by atoms with E-state index >= 15 is 0 Å². The fraction of sp³-hybridized carbons (Fsp3) is 1.00. The first kappa shape index (κ1) is 16.2. The molecule has 0 aliphatic carbocycles. The molecule has 18 heavy (non-hydrogen) atoms. The van der Waals surface area contributed by atoms with E-state index in [1.165, 1.54) is 32.4 Å². The molecule has 0 N–H and O–H groups in total. The van der Waals surface area contributed by atoms with E-state index in [9.17, 15) is 0 Å². The maximum Gasteiger partial charge on any atom is 0.1000 e. The molecule has 4 heteroatoms. The van der Waals surface area contributed by atoms with Gasteiger partial charge in [0.25, 0.3) is 0 Å². The van der Waals surface area contributed by atoms with E-state index in [0.717, 1.165) is 0 Å². The predicted octanol–water partition coefficient (Wildman–Crippen LogP) is 4.27. The van der Waals surface area contributed by atoms with Crippen LogP contribution < -0.4 is 0 Å². The molecular formula is C14H32N3P. The standard InChI is InChI=1S/C14H32N3P/c1-8-13(9-2)18(15-14(3,4)5)16(6)11-10-12-17(18)7/h13H,8-12H2,1-7H3. The van der Waals surface area contributed by atoms with Gasteiger partial charge in [0, 0.05) is 18.7 Å². The number of hydrogen-bond acceptors (Lipinski definition) is 1. The summed E-state index contributed by atoms with van der Waals surface area (Å²) < 4.78 is 10.5. The summed E-state index contributed by atoms with van der Waals surface area (Å²) in [6.45, 7) is 13.8. The van der Waals surface area contributed by atoms with Gasteiger partial charge >= 0.3 is 0 Å². The van der Waals surface area contributed by atoms with Crippen molar-refractivity contribution in [3.63, 3.8) is 0 Å². The van der Waals surface area contributed by atoms with Crippen molar-refractivity contribution in [2.45, 2.75) is 65.1 Å². The van der Waals surface area contributed by atoms with Crippen LogP contribution in [0.2, 0.25) is 0 Å². The normalized spacial score (nSPS) is 22.4. The van der Waals surface area contributed by atoms with E-state index in [4.69, 9.17) is 4.74 Å². The van der Waals surface area contributed by atoms with Gasteiger partial charge in [0.15, 0.2) is 0 Å². The van der Waals surface area contributed by atoms with Crippen molar-refractivity contribution < 1.29 is 0 Å². The smallest absolute Gasteiger partial charge is 0.1000 e. The second kappa shape index (κ2) is 6.07. The average Bonchev–Trinajstić information content (AvgIpc) is 2.25. The lowest BCUT2D eigenvalue weighted by atomic mass is 10.1. The molecule has 0 saturated carbocycles. The lowest BCUT2D eigenvalue weighted by Crippen LogP contribution is -2.40. The van der Waals surface area contributed by atoms with E-state index in [0.29, 0.717) is 5.66 Å². The summed E-state index contributed by atoms with van der Waals surface area (Å²) in [5, 5.41) is 0. The quantitative estimate of drug-likeness (QED) is 0.715. The van der Waals surface area contributed by atoms with Crippen molar-refractivity contribution in [1.29, 1.82) is 0 Å². The highest BCUT2D eigenvalue weighted by atomic mass is 31.2. The van der Waals surface area contributed by atoms with Crippen molar-refractivity contribution in [2.24, 2.45) is 4.74 Å². The molecule has 0 radical (unpaired) electrons. The lowest BCUT2D eigenvalue weighted by Gasteiger charge is -2.50. The molecule has 0 atom stereocenters. The lowest BCUT2D eigenvalue weighted by molar-refractivity contribution is 0.358. The van der Waals surface area contributed by atoms with Gasteiger partial charge in [-0.1, -0.05) is 13.8 Å². The summed E-state index contributed by atoms with van der Waals surface area (Å²) in [7, 11) is 3.07. The zero-order valence-corrected chi connectivity index (χ0v) is 14.3. The van der Waals surface area contributed by atoms with Gasteiger partial charge in [-0.25, -0.2) is 0 Å². The van der Waals surface area contributed by atoms with Crippen LogP contribution in [0.15, 0.2) is 4.74 Å². The zero-order valence-electron chi connectivity index (χ0n) is 13.4. The highest BCUT2D eigenvalue weighted by molar-refractivity contribution is 7.62. The number of rotatable bonds is 3. The molecule has 1 aliphatic rings. The molecular weight excluding hydrogens is 241 g/mol. The Morgan fingerprint density at radius 1 is 1.06 bits per heavy atom. The molecule has 1 fully saturated rings. The second-order valence-electron chi connectivity index (χ2n) is 6.47. The van der Waals surface area contributed by atoms with E-state index in [1.807, 2.05) is 0 Å². The Kier molecular flexibility index (Phi) is 5.46. The van der Waals surface area contributed by atoms with Crippen LogP contribution in [0.1, 0.15) is 53.9 Å². The first-order valence-electron chi connectivity index (χ1n) is 7.34. The molecule has 1 aliphatic heterocycles. The van der Waals surface area contributed by atoms with Crippen LogP contribution in [-0.4, -0.2) is 47.7 Å². The summed E-state index contributed by atoms with van der Waals surface area (Å²) in [6, 6.07) is 0. The van der Waals surface area contributed by atoms with Crippen molar-refractivity contribution in [3.05, 3.63) is 0 Å². The van der Waals surface area contributed by atoms with Crippen LogP contribution in [0.5, 0.6) is 0 Å². The first-order chi connectivity index (χ1) is 8.28. The van der Waals surface area contributed by atoms with Gasteiger partial charge in [-0.3, -0.25) is 14.1 Å². The van der Waals surface area contributed by atoms with E-state index in [-0.39, 0.29) is 5.54 Å². The fourth-order valence-corrected chi connectivity index (χ4v) is 7.93. The SMILES string of the molecule is CCC(CC)P1(=NC(C)(C)C)N(C)CCCN1C. The van der Waals surface area contributed by atoms with E-state index in [1.54, 1.807) is 0 Å². The fourth-order valence-electron chi connectivity index (χ4n) is 3.10. The van der Waals surface area contributed by atoms with Crippen molar-refractivity contribution >= 4 is 7.36 Å². The second-order valence-corrected chi connectivity index (χ2v) is 10.00. The topological polar surface area (TPSA) is 18.8 Å². The Morgan fingerprint density at radius 3 is 1.83 bits per heavy atom. The van der Waals surface area contributed by atoms with Gasteiger partial charge in [-0.15, -0.1) is 0 Å². The van der Waals surface area contributed by atoms with Gasteiger partial charge in [0.2, 0.25) is 0 Å². The number of nitrogens with zero attached hydrogens (tertiary/aromatic N) is 3. The van der Waals surface area contributed by atoms with E-state index < -0.39 is 7.36 Å². The molecule has 0 aromatic carbocycles. The largest absolute Gasteiger partial charge is 0.268 e. The van der Waals surface area contributed by atoms with Crippen molar-refractivity contribution in [3.8, 4) is 0 Å². The predicted molar refractivity (Wildman–Crippen MR) is 83.3 cm³/mol. The van der Waals surface area contributed by atoms with Crippen LogP contribution in [-0.2, 0) is 0 Å². The molecule has 108 valence electrons. The van der Waals surface area contributed by atoms with Gasteiger partial charge in [0.05, 0.1) is 12.9 Å². The summed E-state index contributed by atoms with van der Waals surface area (Å²) in [4.78, 5) is 0. The molecule has 0 spiro atoms. The summed E-state index contributed by atoms with van der Waals surface area (Å²) in [5.74, 6) is 0. The van der Waals surface area contributed by atoms with Crippen LogP contribution in [0, 0.1) is 0 Å². The molecule has 3 nitrogen and oxygen atoms in total. The van der Waals surface area contributed by atoms with Crippen molar-refractivity contribution in [1.82, 2.24) is 9.34 Å². The minimum Gasteiger partial charge on any atom is -0.268 e. The van der Waals surface area contributed by atoms with Gasteiger partial charge in [-0.05, 0) is 54.1 Å². The maximum absolute atomic E-state index is 5.37. The minimum absolute atomic E-state index is 0.0518.